The predicted octanol–water partition coefficient (Wildman–Crippen LogP) is 11.3. The van der Waals surface area contributed by atoms with Gasteiger partial charge in [-0.2, -0.15) is 39.5 Å². The Kier molecular flexibility index (Phi) is 7.52. The van der Waals surface area contributed by atoms with Gasteiger partial charge in [-0.25, -0.2) is 0 Å². The maximum Gasteiger partial charge on any atom is 0.417 e. The first-order valence-electron chi connectivity index (χ1n) is 14.4. The van der Waals surface area contributed by atoms with E-state index in [-0.39, 0.29) is 56.1 Å². The van der Waals surface area contributed by atoms with Gasteiger partial charge in [0.1, 0.15) is 6.29 Å². The van der Waals surface area contributed by atoms with E-state index in [9.17, 15) is 49.1 Å². The molecule has 0 aliphatic rings. The van der Waals surface area contributed by atoms with Gasteiger partial charge in [0.15, 0.2) is 6.29 Å². The second-order valence-electron chi connectivity index (χ2n) is 11.7. The van der Waals surface area contributed by atoms with Crippen LogP contribution in [0, 0.1) is 13.8 Å². The van der Waals surface area contributed by atoms with Gasteiger partial charge in [0.2, 0.25) is 0 Å². The van der Waals surface area contributed by atoms with Crippen molar-refractivity contribution >= 4 is 55.7 Å². The molecule has 0 aliphatic heterocycles. The minimum atomic E-state index is -5.15. The van der Waals surface area contributed by atoms with Crippen LogP contribution in [0.15, 0.2) is 60.7 Å². The number of rotatable bonds is 6. The molecule has 242 valence electrons. The van der Waals surface area contributed by atoms with Gasteiger partial charge < -0.3 is 4.79 Å². The molecule has 0 aromatic heterocycles. The van der Waals surface area contributed by atoms with E-state index in [2.05, 4.69) is 0 Å². The van der Waals surface area contributed by atoms with Gasteiger partial charge in [0.05, 0.1) is 16.7 Å². The van der Waals surface area contributed by atoms with Crippen LogP contribution in [0.25, 0.3) is 43.1 Å². The van der Waals surface area contributed by atoms with Crippen LogP contribution < -0.4 is 0 Å². The maximum absolute atomic E-state index is 14.8. The normalized spacial score (nSPS) is 13.7. The zero-order valence-electron chi connectivity index (χ0n) is 24.6. The minimum Gasteiger partial charge on any atom is -0.303 e. The van der Waals surface area contributed by atoms with E-state index in [1.807, 2.05) is 0 Å². The number of fused-ring (bicyclic) bond motifs is 2. The van der Waals surface area contributed by atoms with Crippen molar-refractivity contribution in [3.8, 4) is 0 Å². The summed E-state index contributed by atoms with van der Waals surface area (Å²) >= 11 is 0. The van der Waals surface area contributed by atoms with Crippen LogP contribution in [-0.2, 0) is 23.3 Å². The van der Waals surface area contributed by atoms with Crippen molar-refractivity contribution in [1.82, 2.24) is 0 Å². The summed E-state index contributed by atoms with van der Waals surface area (Å²) in [5, 5.41) is -1.71. The SMILES string of the molecule is Cc1cc(C(CCC=O)c2ccc3c4ccc(C(F)(F)F)c5c(C(F)(F)F)ccc(c6ccc(C(F)(F)F)c2c36)c54)cc(C)c1C=O. The molecule has 1 unspecified atom stereocenters. The third kappa shape index (κ3) is 5.16. The van der Waals surface area contributed by atoms with Crippen LogP contribution >= 0.6 is 0 Å². The fourth-order valence-electron chi connectivity index (χ4n) is 7.05. The van der Waals surface area contributed by atoms with Crippen molar-refractivity contribution < 1.29 is 49.1 Å². The fourth-order valence-corrected chi connectivity index (χ4v) is 7.05. The zero-order valence-corrected chi connectivity index (χ0v) is 24.6. The Morgan fingerprint density at radius 3 is 1.38 bits per heavy atom. The molecular weight excluding hydrogens is 635 g/mol. The van der Waals surface area contributed by atoms with E-state index in [0.29, 0.717) is 47.0 Å². The first-order valence-corrected chi connectivity index (χ1v) is 14.4. The van der Waals surface area contributed by atoms with E-state index in [1.165, 1.54) is 12.1 Å². The summed E-state index contributed by atoms with van der Waals surface area (Å²) in [4.78, 5) is 23.2. The Labute approximate surface area is 261 Å². The van der Waals surface area contributed by atoms with Crippen LogP contribution in [0.1, 0.15) is 68.1 Å². The number of aryl methyl sites for hydroxylation is 2. The minimum absolute atomic E-state index is 0.0228. The van der Waals surface area contributed by atoms with Gasteiger partial charge in [-0.05, 0) is 98.4 Å². The van der Waals surface area contributed by atoms with Crippen molar-refractivity contribution in [3.05, 3.63) is 105 Å². The summed E-state index contributed by atoms with van der Waals surface area (Å²) in [6.07, 6.45) is -13.8. The third-order valence-corrected chi connectivity index (χ3v) is 8.93. The first-order chi connectivity index (χ1) is 22.0. The second-order valence-corrected chi connectivity index (χ2v) is 11.7. The van der Waals surface area contributed by atoms with Crippen LogP contribution in [0.3, 0.4) is 0 Å². The molecule has 0 saturated carbocycles. The summed E-state index contributed by atoms with van der Waals surface area (Å²) in [5.74, 6) is -0.787. The summed E-state index contributed by atoms with van der Waals surface area (Å²) in [6, 6.07) is 11.1. The highest BCUT2D eigenvalue weighted by molar-refractivity contribution is 6.34. The average Bonchev–Trinajstić information content (AvgIpc) is 2.98. The molecule has 0 fully saturated rings. The lowest BCUT2D eigenvalue weighted by atomic mass is 9.79. The van der Waals surface area contributed by atoms with Gasteiger partial charge in [-0.3, -0.25) is 4.79 Å². The highest BCUT2D eigenvalue weighted by Gasteiger charge is 2.41. The van der Waals surface area contributed by atoms with Crippen LogP contribution in [-0.4, -0.2) is 12.6 Å². The molecule has 0 radical (unpaired) electrons. The Morgan fingerprint density at radius 2 is 0.979 bits per heavy atom. The molecule has 2 nitrogen and oxygen atoms in total. The van der Waals surface area contributed by atoms with E-state index >= 15 is 0 Å². The van der Waals surface area contributed by atoms with Crippen molar-refractivity contribution in [1.29, 1.82) is 0 Å². The summed E-state index contributed by atoms with van der Waals surface area (Å²) in [6.45, 7) is 3.36. The van der Waals surface area contributed by atoms with Crippen LogP contribution in [0.2, 0.25) is 0 Å². The van der Waals surface area contributed by atoms with Crippen molar-refractivity contribution in [2.75, 3.05) is 0 Å². The Bertz CT molecular complexity index is 2130. The van der Waals surface area contributed by atoms with Crippen molar-refractivity contribution in [3.63, 3.8) is 0 Å². The largest absolute Gasteiger partial charge is 0.417 e. The van der Waals surface area contributed by atoms with E-state index in [0.717, 1.165) is 24.3 Å². The molecule has 6 rings (SSSR count). The summed E-state index contributed by atoms with van der Waals surface area (Å²) in [7, 11) is 0. The molecular formula is C36H23F9O2. The topological polar surface area (TPSA) is 34.1 Å². The number of halogens is 9. The molecule has 11 heteroatoms. The van der Waals surface area contributed by atoms with Gasteiger partial charge in [-0.1, -0.05) is 42.5 Å². The number of hydrogen-bond acceptors (Lipinski definition) is 2. The lowest BCUT2D eigenvalue weighted by molar-refractivity contribution is -0.140. The Balaban J connectivity index is 1.82. The molecule has 6 aromatic rings. The zero-order chi connectivity index (χ0) is 34.2. The van der Waals surface area contributed by atoms with Crippen LogP contribution in [0.5, 0.6) is 0 Å². The average molecular weight is 659 g/mol. The molecule has 0 saturated heterocycles. The quantitative estimate of drug-likeness (QED) is 0.0773. The molecule has 0 bridgehead atoms. The predicted molar refractivity (Wildman–Crippen MR) is 161 cm³/mol. The second kappa shape index (κ2) is 11.0. The maximum atomic E-state index is 14.8. The summed E-state index contributed by atoms with van der Waals surface area (Å²) < 4.78 is 129. The molecule has 0 aliphatic carbocycles. The van der Waals surface area contributed by atoms with Crippen molar-refractivity contribution in [2.45, 2.75) is 51.1 Å². The van der Waals surface area contributed by atoms with E-state index < -0.39 is 46.5 Å². The molecule has 0 heterocycles. The first kappa shape index (κ1) is 32.3. The standard InChI is InChI=1S/C36H23F9O2/c1-17-14-19(15-18(2)26(17)16-47)20(4-3-13-46)21-5-6-22-24-8-11-28(35(40,41)42)33-29(36(43,44)45)12-9-25(31(24)33)23-7-10-27(34(37,38)39)32(21)30(22)23/h5-16,20H,3-4H2,1-2H3. The van der Waals surface area contributed by atoms with E-state index in [1.54, 1.807) is 26.0 Å². The fraction of sp³-hybridized carbons (Fsp3) is 0.222. The Hall–Kier alpha value is -4.67. The molecule has 1 atom stereocenters. The van der Waals surface area contributed by atoms with Gasteiger partial charge in [0, 0.05) is 23.3 Å². The smallest absolute Gasteiger partial charge is 0.303 e. The lowest BCUT2D eigenvalue weighted by Gasteiger charge is -2.26. The lowest BCUT2D eigenvalue weighted by Crippen LogP contribution is -2.13. The number of carbonyl (C=O) groups is 2. The highest BCUT2D eigenvalue weighted by Crippen LogP contribution is 2.51. The summed E-state index contributed by atoms with van der Waals surface area (Å²) in [5.41, 5.74) is -1.77. The Morgan fingerprint density at radius 1 is 0.574 bits per heavy atom. The monoisotopic (exact) mass is 658 g/mol. The molecule has 0 amide bonds. The highest BCUT2D eigenvalue weighted by atomic mass is 19.4. The molecule has 0 spiro atoms. The number of alkyl halides is 9. The van der Waals surface area contributed by atoms with Crippen LogP contribution in [0.4, 0.5) is 39.5 Å². The number of benzene rings is 6. The van der Waals surface area contributed by atoms with Gasteiger partial charge in [0.25, 0.3) is 0 Å². The van der Waals surface area contributed by atoms with Gasteiger partial charge in [-0.15, -0.1) is 0 Å². The van der Waals surface area contributed by atoms with Crippen molar-refractivity contribution in [2.24, 2.45) is 0 Å². The number of aldehydes is 2. The van der Waals surface area contributed by atoms with Gasteiger partial charge >= 0.3 is 18.5 Å². The number of carbonyl (C=O) groups excluding carboxylic acids is 2. The van der Waals surface area contributed by atoms with E-state index in [4.69, 9.17) is 0 Å². The number of hydrogen-bond donors (Lipinski definition) is 0. The molecule has 0 N–H and O–H groups in total. The molecule has 47 heavy (non-hydrogen) atoms. The molecule has 6 aromatic carbocycles. The third-order valence-electron chi connectivity index (χ3n) is 8.93.